The summed E-state index contributed by atoms with van der Waals surface area (Å²) in [6, 6.07) is 8.24. The molecule has 0 N–H and O–H groups in total. The molecular weight excluding hydrogens is 298 g/mol. The highest BCUT2D eigenvalue weighted by atomic mass is 79.9. The van der Waals surface area contributed by atoms with Crippen molar-refractivity contribution in [2.75, 3.05) is 18.4 Å². The SMILES string of the molecule is Clc1ccc(CN2CCCC(CCBr)C2)cc1. The van der Waals surface area contributed by atoms with Crippen molar-refractivity contribution in [3.05, 3.63) is 34.9 Å². The predicted octanol–water partition coefficient (Wildman–Crippen LogP) is 4.34. The smallest absolute Gasteiger partial charge is 0.0406 e. The molecule has 0 spiro atoms. The fourth-order valence-corrected chi connectivity index (χ4v) is 3.31. The molecule has 0 saturated carbocycles. The van der Waals surface area contributed by atoms with Gasteiger partial charge in [-0.3, -0.25) is 4.90 Å². The van der Waals surface area contributed by atoms with E-state index in [0.29, 0.717) is 0 Å². The molecule has 0 aromatic heterocycles. The summed E-state index contributed by atoms with van der Waals surface area (Å²) in [6.45, 7) is 3.55. The minimum atomic E-state index is 0.824. The maximum atomic E-state index is 5.90. The van der Waals surface area contributed by atoms with Gasteiger partial charge in [0.2, 0.25) is 0 Å². The molecule has 1 nitrogen and oxygen atoms in total. The Bertz CT molecular complexity index is 337. The fourth-order valence-electron chi connectivity index (χ4n) is 2.53. The van der Waals surface area contributed by atoms with Crippen molar-refractivity contribution in [3.8, 4) is 0 Å². The van der Waals surface area contributed by atoms with Gasteiger partial charge >= 0.3 is 0 Å². The van der Waals surface area contributed by atoms with Gasteiger partial charge in [0.05, 0.1) is 0 Å². The van der Waals surface area contributed by atoms with Crippen molar-refractivity contribution in [2.24, 2.45) is 5.92 Å². The van der Waals surface area contributed by atoms with Gasteiger partial charge in [-0.15, -0.1) is 0 Å². The number of likely N-dealkylation sites (tertiary alicyclic amines) is 1. The zero-order valence-electron chi connectivity index (χ0n) is 10.0. The molecule has 1 saturated heterocycles. The molecule has 1 aromatic carbocycles. The molecule has 1 atom stereocenters. The summed E-state index contributed by atoms with van der Waals surface area (Å²) in [5.41, 5.74) is 1.37. The van der Waals surface area contributed by atoms with Crippen LogP contribution in [-0.2, 0) is 6.54 Å². The van der Waals surface area contributed by atoms with E-state index in [-0.39, 0.29) is 0 Å². The minimum Gasteiger partial charge on any atom is -0.299 e. The molecule has 0 bridgehead atoms. The largest absolute Gasteiger partial charge is 0.299 e. The lowest BCUT2D eigenvalue weighted by molar-refractivity contribution is 0.165. The molecule has 1 heterocycles. The van der Waals surface area contributed by atoms with Crippen LogP contribution < -0.4 is 0 Å². The van der Waals surface area contributed by atoms with Gasteiger partial charge in [0.25, 0.3) is 0 Å². The second kappa shape index (κ2) is 6.77. The Hall–Kier alpha value is -0.0500. The number of hydrogen-bond acceptors (Lipinski definition) is 1. The second-order valence-electron chi connectivity index (χ2n) is 4.85. The van der Waals surface area contributed by atoms with E-state index in [9.17, 15) is 0 Å². The van der Waals surface area contributed by atoms with Gasteiger partial charge in [0.1, 0.15) is 0 Å². The van der Waals surface area contributed by atoms with Crippen LogP contribution in [0.2, 0.25) is 5.02 Å². The van der Waals surface area contributed by atoms with Crippen LogP contribution in [0.15, 0.2) is 24.3 Å². The zero-order chi connectivity index (χ0) is 12.1. The summed E-state index contributed by atoms with van der Waals surface area (Å²) in [5, 5.41) is 1.96. The van der Waals surface area contributed by atoms with E-state index in [2.05, 4.69) is 33.0 Å². The van der Waals surface area contributed by atoms with Crippen LogP contribution >= 0.6 is 27.5 Å². The number of nitrogens with zero attached hydrogens (tertiary/aromatic N) is 1. The van der Waals surface area contributed by atoms with Crippen molar-refractivity contribution in [1.82, 2.24) is 4.90 Å². The third-order valence-corrected chi connectivity index (χ3v) is 4.15. The van der Waals surface area contributed by atoms with Gasteiger partial charge in [-0.05, 0) is 49.4 Å². The number of piperidine rings is 1. The van der Waals surface area contributed by atoms with E-state index < -0.39 is 0 Å². The molecule has 1 aliphatic rings. The lowest BCUT2D eigenvalue weighted by atomic mass is 9.95. The first-order chi connectivity index (χ1) is 8.28. The third kappa shape index (κ3) is 4.27. The molecule has 3 heteroatoms. The number of halogens is 2. The van der Waals surface area contributed by atoms with Gasteiger partial charge in [-0.2, -0.15) is 0 Å². The molecule has 1 aromatic rings. The highest BCUT2D eigenvalue weighted by Crippen LogP contribution is 2.22. The average Bonchev–Trinajstić information content (AvgIpc) is 2.33. The number of alkyl halides is 1. The average molecular weight is 317 g/mol. The van der Waals surface area contributed by atoms with Crippen LogP contribution in [0.3, 0.4) is 0 Å². The summed E-state index contributed by atoms with van der Waals surface area (Å²) >= 11 is 9.45. The first-order valence-corrected chi connectivity index (χ1v) is 7.80. The monoisotopic (exact) mass is 315 g/mol. The normalized spacial score (nSPS) is 21.6. The Kier molecular flexibility index (Phi) is 5.33. The van der Waals surface area contributed by atoms with Gasteiger partial charge in [-0.25, -0.2) is 0 Å². The van der Waals surface area contributed by atoms with E-state index in [0.717, 1.165) is 22.8 Å². The predicted molar refractivity (Wildman–Crippen MR) is 77.9 cm³/mol. The quantitative estimate of drug-likeness (QED) is 0.747. The number of benzene rings is 1. The maximum Gasteiger partial charge on any atom is 0.0406 e. The topological polar surface area (TPSA) is 3.24 Å². The molecule has 2 rings (SSSR count). The molecule has 0 aliphatic carbocycles. The fraction of sp³-hybridized carbons (Fsp3) is 0.571. The van der Waals surface area contributed by atoms with Gasteiger partial charge in [0, 0.05) is 23.4 Å². The Labute approximate surface area is 117 Å². The molecule has 0 radical (unpaired) electrons. The van der Waals surface area contributed by atoms with Crippen molar-refractivity contribution in [2.45, 2.75) is 25.8 Å². The first-order valence-electron chi connectivity index (χ1n) is 6.30. The Morgan fingerprint density at radius 3 is 2.76 bits per heavy atom. The number of rotatable bonds is 4. The summed E-state index contributed by atoms with van der Waals surface area (Å²) in [5.74, 6) is 0.871. The second-order valence-corrected chi connectivity index (χ2v) is 6.08. The Balaban J connectivity index is 1.87. The molecule has 1 aliphatic heterocycles. The molecule has 1 unspecified atom stereocenters. The van der Waals surface area contributed by atoms with Crippen molar-refractivity contribution in [3.63, 3.8) is 0 Å². The summed E-state index contributed by atoms with van der Waals surface area (Å²) < 4.78 is 0. The summed E-state index contributed by atoms with van der Waals surface area (Å²) in [6.07, 6.45) is 4.03. The lowest BCUT2D eigenvalue weighted by Gasteiger charge is -2.32. The molecule has 94 valence electrons. The van der Waals surface area contributed by atoms with E-state index in [4.69, 9.17) is 11.6 Å². The minimum absolute atomic E-state index is 0.824. The number of hydrogen-bond donors (Lipinski definition) is 0. The summed E-state index contributed by atoms with van der Waals surface area (Å²) in [7, 11) is 0. The van der Waals surface area contributed by atoms with Crippen LogP contribution in [-0.4, -0.2) is 23.3 Å². The van der Waals surface area contributed by atoms with Crippen LogP contribution in [0.25, 0.3) is 0 Å². The Morgan fingerprint density at radius 1 is 1.29 bits per heavy atom. The molecular formula is C14H19BrClN. The lowest BCUT2D eigenvalue weighted by Crippen LogP contribution is -2.35. The van der Waals surface area contributed by atoms with E-state index in [1.807, 2.05) is 12.1 Å². The first kappa shape index (κ1) is 13.4. The highest BCUT2D eigenvalue weighted by Gasteiger charge is 2.19. The van der Waals surface area contributed by atoms with Crippen LogP contribution in [0.1, 0.15) is 24.8 Å². The highest BCUT2D eigenvalue weighted by molar-refractivity contribution is 9.09. The van der Waals surface area contributed by atoms with E-state index in [1.54, 1.807) is 0 Å². The molecule has 17 heavy (non-hydrogen) atoms. The van der Waals surface area contributed by atoms with Crippen molar-refractivity contribution in [1.29, 1.82) is 0 Å². The molecule has 1 fully saturated rings. The van der Waals surface area contributed by atoms with Crippen molar-refractivity contribution >= 4 is 27.5 Å². The molecule has 0 amide bonds. The standard InChI is InChI=1S/C14H19BrClN/c15-8-7-12-2-1-9-17(10-12)11-13-3-5-14(16)6-4-13/h3-6,12H,1-2,7-11H2. The zero-order valence-corrected chi connectivity index (χ0v) is 12.4. The maximum absolute atomic E-state index is 5.90. The summed E-state index contributed by atoms with van der Waals surface area (Å²) in [4.78, 5) is 2.57. The van der Waals surface area contributed by atoms with Crippen molar-refractivity contribution < 1.29 is 0 Å². The van der Waals surface area contributed by atoms with Crippen LogP contribution in [0, 0.1) is 5.92 Å². The van der Waals surface area contributed by atoms with E-state index in [1.165, 1.54) is 37.9 Å². The van der Waals surface area contributed by atoms with Gasteiger partial charge in [-0.1, -0.05) is 39.7 Å². The van der Waals surface area contributed by atoms with Gasteiger partial charge < -0.3 is 0 Å². The van der Waals surface area contributed by atoms with Crippen LogP contribution in [0.5, 0.6) is 0 Å². The Morgan fingerprint density at radius 2 is 2.06 bits per heavy atom. The van der Waals surface area contributed by atoms with E-state index >= 15 is 0 Å². The third-order valence-electron chi connectivity index (χ3n) is 3.44. The van der Waals surface area contributed by atoms with Crippen LogP contribution in [0.4, 0.5) is 0 Å². The van der Waals surface area contributed by atoms with Gasteiger partial charge in [0.15, 0.2) is 0 Å².